The first kappa shape index (κ1) is 14.1. The molecule has 88 valence electrons. The Balaban J connectivity index is 4.12. The van der Waals surface area contributed by atoms with Crippen LogP contribution in [0.2, 0.25) is 0 Å². The van der Waals surface area contributed by atoms with Gasteiger partial charge in [-0.05, 0) is 6.92 Å². The van der Waals surface area contributed by atoms with Gasteiger partial charge < -0.3 is 14.3 Å². The molecule has 4 nitrogen and oxygen atoms in total. The Labute approximate surface area is 91.7 Å². The summed E-state index contributed by atoms with van der Waals surface area (Å²) >= 11 is 0. The van der Waals surface area contributed by atoms with Gasteiger partial charge in [0.1, 0.15) is 12.6 Å². The molecular weight excluding hydrogens is 194 g/mol. The van der Waals surface area contributed by atoms with Crippen molar-refractivity contribution >= 4 is 5.97 Å². The van der Waals surface area contributed by atoms with Gasteiger partial charge in [-0.2, -0.15) is 0 Å². The molecule has 0 saturated heterocycles. The molecule has 0 aliphatic rings. The van der Waals surface area contributed by atoms with E-state index in [0.717, 1.165) is 0 Å². The predicted molar refractivity (Wildman–Crippen MR) is 59.7 cm³/mol. The van der Waals surface area contributed by atoms with Gasteiger partial charge in [-0.3, -0.25) is 4.79 Å². The Bertz CT molecular complexity index is 218. The second kappa shape index (κ2) is 6.58. The lowest BCUT2D eigenvalue weighted by Crippen LogP contribution is -2.43. The Kier molecular flexibility index (Phi) is 6.20. The maximum Gasteiger partial charge on any atom is 0.306 e. The van der Waals surface area contributed by atoms with Gasteiger partial charge >= 0.3 is 5.97 Å². The third-order valence-electron chi connectivity index (χ3n) is 1.82. The molecule has 0 aliphatic carbocycles. The quantitative estimate of drug-likeness (QED) is 0.512. The fraction of sp³-hybridized carbons (Fsp3) is 0.727. The molecule has 15 heavy (non-hydrogen) atoms. The van der Waals surface area contributed by atoms with Crippen molar-refractivity contribution in [2.45, 2.75) is 19.4 Å². The first-order valence-corrected chi connectivity index (χ1v) is 5.10. The van der Waals surface area contributed by atoms with Gasteiger partial charge in [-0.25, -0.2) is 0 Å². The molecule has 4 heteroatoms. The number of quaternary nitrogens is 1. The van der Waals surface area contributed by atoms with Gasteiger partial charge in [0.15, 0.2) is 0 Å². The van der Waals surface area contributed by atoms with E-state index in [9.17, 15) is 4.79 Å². The van der Waals surface area contributed by atoms with Crippen LogP contribution in [0, 0.1) is 0 Å². The number of likely N-dealkylation sites (N-methyl/N-ethyl adjacent to an activating group) is 1. The average molecular weight is 216 g/mol. The van der Waals surface area contributed by atoms with E-state index in [0.29, 0.717) is 17.6 Å². The number of hydrogen-bond donors (Lipinski definition) is 1. The number of hydrogen-bond acceptors (Lipinski definition) is 2. The zero-order chi connectivity index (χ0) is 11.9. The van der Waals surface area contributed by atoms with E-state index in [1.165, 1.54) is 0 Å². The third-order valence-corrected chi connectivity index (χ3v) is 1.82. The molecule has 0 spiro atoms. The molecule has 0 aromatic rings. The highest BCUT2D eigenvalue weighted by atomic mass is 16.5. The summed E-state index contributed by atoms with van der Waals surface area (Å²) in [5.74, 6) is -0.811. The van der Waals surface area contributed by atoms with Gasteiger partial charge in [0.25, 0.3) is 0 Å². The van der Waals surface area contributed by atoms with E-state index in [2.05, 4.69) is 0 Å². The van der Waals surface area contributed by atoms with Crippen LogP contribution in [0.3, 0.4) is 0 Å². The van der Waals surface area contributed by atoms with Crippen molar-refractivity contribution < 1.29 is 19.1 Å². The Morgan fingerprint density at radius 2 is 2.07 bits per heavy atom. The first-order valence-electron chi connectivity index (χ1n) is 5.10. The number of ether oxygens (including phenoxy) is 1. The molecule has 0 radical (unpaired) electrons. The second-order valence-electron chi connectivity index (χ2n) is 4.60. The molecule has 0 amide bonds. The maximum absolute atomic E-state index is 10.6. The van der Waals surface area contributed by atoms with Crippen molar-refractivity contribution in [2.24, 2.45) is 0 Å². The molecule has 0 saturated carbocycles. The molecule has 0 heterocycles. The fourth-order valence-electron chi connectivity index (χ4n) is 1.27. The van der Waals surface area contributed by atoms with Crippen LogP contribution in [-0.4, -0.2) is 56.0 Å². The molecule has 0 unspecified atom stereocenters. The minimum Gasteiger partial charge on any atom is -0.481 e. The van der Waals surface area contributed by atoms with Crippen LogP contribution in [0.1, 0.15) is 13.3 Å². The Morgan fingerprint density at radius 1 is 1.47 bits per heavy atom. The van der Waals surface area contributed by atoms with Gasteiger partial charge in [0.2, 0.25) is 0 Å². The minimum absolute atomic E-state index is 0.0626. The summed E-state index contributed by atoms with van der Waals surface area (Å²) in [6.45, 7) is 3.09. The van der Waals surface area contributed by atoms with E-state index >= 15 is 0 Å². The summed E-state index contributed by atoms with van der Waals surface area (Å²) in [6, 6.07) is 0. The summed E-state index contributed by atoms with van der Waals surface area (Å²) in [6.07, 6.45) is 3.61. The number of rotatable bonds is 7. The number of nitrogens with zero attached hydrogens (tertiary/aromatic N) is 1. The van der Waals surface area contributed by atoms with Crippen molar-refractivity contribution in [2.75, 3.05) is 34.3 Å². The predicted octanol–water partition coefficient (Wildman–Crippen LogP) is 1.13. The lowest BCUT2D eigenvalue weighted by molar-refractivity contribution is -0.873. The van der Waals surface area contributed by atoms with Crippen molar-refractivity contribution in [1.82, 2.24) is 0 Å². The molecular formula is C11H22NO3+. The SMILES string of the molecule is CC=CCO[C@H](CC(=O)O)C[N+](C)(C)C. The fourth-order valence-corrected chi connectivity index (χ4v) is 1.27. The summed E-state index contributed by atoms with van der Waals surface area (Å²) in [5.41, 5.74) is 0. The van der Waals surface area contributed by atoms with Gasteiger partial charge in [0, 0.05) is 0 Å². The molecule has 0 aliphatic heterocycles. The molecule has 0 aromatic carbocycles. The van der Waals surface area contributed by atoms with Crippen LogP contribution >= 0.6 is 0 Å². The molecule has 1 atom stereocenters. The number of carboxylic acid groups (broad SMARTS) is 1. The monoisotopic (exact) mass is 216 g/mol. The number of carbonyl (C=O) groups is 1. The third kappa shape index (κ3) is 9.43. The van der Waals surface area contributed by atoms with Crippen LogP contribution in [0.4, 0.5) is 0 Å². The number of carboxylic acids is 1. The summed E-state index contributed by atoms with van der Waals surface area (Å²) < 4.78 is 6.19. The highest BCUT2D eigenvalue weighted by Crippen LogP contribution is 2.04. The highest BCUT2D eigenvalue weighted by molar-refractivity contribution is 5.67. The topological polar surface area (TPSA) is 46.5 Å². The smallest absolute Gasteiger partial charge is 0.306 e. The molecule has 0 aromatic heterocycles. The van der Waals surface area contributed by atoms with Crippen molar-refractivity contribution in [3.05, 3.63) is 12.2 Å². The summed E-state index contributed by atoms with van der Waals surface area (Å²) in [7, 11) is 6.07. The van der Waals surface area contributed by atoms with E-state index in [-0.39, 0.29) is 12.5 Å². The minimum atomic E-state index is -0.811. The largest absolute Gasteiger partial charge is 0.481 e. The van der Waals surface area contributed by atoms with Gasteiger partial charge in [0.05, 0.1) is 34.2 Å². The summed E-state index contributed by atoms with van der Waals surface area (Å²) in [5, 5.41) is 8.73. The van der Waals surface area contributed by atoms with Crippen LogP contribution in [0.5, 0.6) is 0 Å². The van der Waals surface area contributed by atoms with Crippen molar-refractivity contribution in [3.8, 4) is 0 Å². The lowest BCUT2D eigenvalue weighted by atomic mass is 10.2. The van der Waals surface area contributed by atoms with E-state index in [1.54, 1.807) is 0 Å². The standard InChI is InChI=1S/C11H21NO3/c1-5-6-7-15-10(8-11(13)14)9-12(2,3)4/h5-6,10H,7-9H2,1-4H3/p+1/t10-/m1/s1. The average Bonchev–Trinajstić information content (AvgIpc) is 2.00. The summed E-state index contributed by atoms with van der Waals surface area (Å²) in [4.78, 5) is 10.6. The maximum atomic E-state index is 10.6. The van der Waals surface area contributed by atoms with E-state index < -0.39 is 5.97 Å². The van der Waals surface area contributed by atoms with Gasteiger partial charge in [-0.15, -0.1) is 0 Å². The van der Waals surface area contributed by atoms with Crippen LogP contribution in [0.25, 0.3) is 0 Å². The molecule has 0 fully saturated rings. The first-order chi connectivity index (χ1) is 6.85. The van der Waals surface area contributed by atoms with Crippen LogP contribution < -0.4 is 0 Å². The Morgan fingerprint density at radius 3 is 2.47 bits per heavy atom. The van der Waals surface area contributed by atoms with Gasteiger partial charge in [-0.1, -0.05) is 12.2 Å². The second-order valence-corrected chi connectivity index (χ2v) is 4.60. The van der Waals surface area contributed by atoms with E-state index in [4.69, 9.17) is 9.84 Å². The van der Waals surface area contributed by atoms with Crippen molar-refractivity contribution in [3.63, 3.8) is 0 Å². The van der Waals surface area contributed by atoms with E-state index in [1.807, 2.05) is 40.2 Å². The Hall–Kier alpha value is -0.870. The van der Waals surface area contributed by atoms with Crippen LogP contribution in [0.15, 0.2) is 12.2 Å². The number of aliphatic carboxylic acids is 1. The molecule has 0 bridgehead atoms. The van der Waals surface area contributed by atoms with Crippen molar-refractivity contribution in [1.29, 1.82) is 0 Å². The normalized spacial score (nSPS) is 14.4. The zero-order valence-electron chi connectivity index (χ0n) is 10.1. The number of allylic oxidation sites excluding steroid dienone is 1. The highest BCUT2D eigenvalue weighted by Gasteiger charge is 2.21. The molecule has 0 rings (SSSR count). The lowest BCUT2D eigenvalue weighted by Gasteiger charge is -2.28. The zero-order valence-corrected chi connectivity index (χ0v) is 10.1. The van der Waals surface area contributed by atoms with Crippen LogP contribution in [-0.2, 0) is 9.53 Å². The molecule has 1 N–H and O–H groups in total.